The number of benzene rings is 3. The Labute approximate surface area is 169 Å². The summed E-state index contributed by atoms with van der Waals surface area (Å²) in [6.45, 7) is 9.59. The summed E-state index contributed by atoms with van der Waals surface area (Å²) in [7, 11) is 0. The van der Waals surface area contributed by atoms with Gasteiger partial charge in [-0.05, 0) is 28.5 Å². The molecule has 4 rings (SSSR count). The highest BCUT2D eigenvalue weighted by Crippen LogP contribution is 2.18. The summed E-state index contributed by atoms with van der Waals surface area (Å²) in [5.41, 5.74) is 7.01. The summed E-state index contributed by atoms with van der Waals surface area (Å²) in [5, 5.41) is 5.01. The molecule has 1 aliphatic rings. The standard InChI is InChI=1S/C23H24BrN3/c1-18(19-9-11-22(24)12-10-19)25-27-15-13-26(14-16-27)17-21-7-4-6-20-5-2-3-8-23(20)21/h2-12,25H,1,13-17H2/p+1. The number of halogens is 1. The van der Waals surface area contributed by atoms with Crippen molar-refractivity contribution >= 4 is 32.4 Å². The van der Waals surface area contributed by atoms with Crippen LogP contribution in [0.3, 0.4) is 0 Å². The first kappa shape index (κ1) is 18.2. The van der Waals surface area contributed by atoms with Crippen LogP contribution in [0.2, 0.25) is 0 Å². The molecule has 0 radical (unpaired) electrons. The third-order valence-corrected chi connectivity index (χ3v) is 5.81. The highest BCUT2D eigenvalue weighted by Gasteiger charge is 2.21. The van der Waals surface area contributed by atoms with Crippen LogP contribution in [0.4, 0.5) is 0 Å². The SMILES string of the molecule is C=C(NN1CC[NH+](Cc2cccc3ccccc23)CC1)c1ccc(Br)cc1. The van der Waals surface area contributed by atoms with Crippen LogP contribution in [0.1, 0.15) is 11.1 Å². The Morgan fingerprint density at radius 1 is 0.963 bits per heavy atom. The van der Waals surface area contributed by atoms with E-state index in [9.17, 15) is 0 Å². The van der Waals surface area contributed by atoms with Crippen molar-refractivity contribution in [3.05, 3.63) is 88.9 Å². The maximum absolute atomic E-state index is 4.19. The normalized spacial score (nSPS) is 15.7. The van der Waals surface area contributed by atoms with Gasteiger partial charge >= 0.3 is 0 Å². The van der Waals surface area contributed by atoms with Gasteiger partial charge in [0.25, 0.3) is 0 Å². The number of quaternary nitrogens is 1. The van der Waals surface area contributed by atoms with Gasteiger partial charge in [-0.15, -0.1) is 0 Å². The molecule has 2 N–H and O–H groups in total. The van der Waals surface area contributed by atoms with Crippen molar-refractivity contribution in [3.8, 4) is 0 Å². The molecule has 0 saturated carbocycles. The minimum atomic E-state index is 0.958. The number of rotatable bonds is 5. The van der Waals surface area contributed by atoms with Crippen molar-refractivity contribution in [2.45, 2.75) is 6.54 Å². The Balaban J connectivity index is 1.33. The summed E-state index contributed by atoms with van der Waals surface area (Å²) < 4.78 is 1.09. The van der Waals surface area contributed by atoms with Gasteiger partial charge < -0.3 is 10.3 Å². The summed E-state index contributed by atoms with van der Waals surface area (Å²) in [4.78, 5) is 1.64. The molecule has 1 fully saturated rings. The van der Waals surface area contributed by atoms with Gasteiger partial charge in [-0.25, -0.2) is 5.01 Å². The fraction of sp³-hybridized carbons (Fsp3) is 0.217. The van der Waals surface area contributed by atoms with E-state index >= 15 is 0 Å². The number of fused-ring (bicyclic) bond motifs is 1. The van der Waals surface area contributed by atoms with Crippen LogP contribution in [0, 0.1) is 0 Å². The monoisotopic (exact) mass is 422 g/mol. The van der Waals surface area contributed by atoms with Crippen molar-refractivity contribution in [1.82, 2.24) is 10.4 Å². The topological polar surface area (TPSA) is 19.7 Å². The molecule has 1 heterocycles. The van der Waals surface area contributed by atoms with Gasteiger partial charge in [0, 0.05) is 15.7 Å². The van der Waals surface area contributed by atoms with Crippen LogP contribution in [0.25, 0.3) is 16.5 Å². The second-order valence-electron chi connectivity index (χ2n) is 7.15. The van der Waals surface area contributed by atoms with Crippen molar-refractivity contribution < 1.29 is 4.90 Å². The van der Waals surface area contributed by atoms with Gasteiger partial charge in [-0.2, -0.15) is 0 Å². The summed E-state index contributed by atoms with van der Waals surface area (Å²) in [6.07, 6.45) is 0. The van der Waals surface area contributed by atoms with E-state index in [1.165, 1.54) is 16.3 Å². The van der Waals surface area contributed by atoms with E-state index in [-0.39, 0.29) is 0 Å². The zero-order valence-corrected chi connectivity index (χ0v) is 17.0. The van der Waals surface area contributed by atoms with Crippen LogP contribution in [0.5, 0.6) is 0 Å². The van der Waals surface area contributed by atoms with Crippen LogP contribution in [-0.4, -0.2) is 31.2 Å². The fourth-order valence-electron chi connectivity index (χ4n) is 3.73. The predicted molar refractivity (Wildman–Crippen MR) is 116 cm³/mol. The lowest BCUT2D eigenvalue weighted by atomic mass is 10.0. The summed E-state index contributed by atoms with van der Waals surface area (Å²) >= 11 is 3.48. The molecule has 0 atom stereocenters. The van der Waals surface area contributed by atoms with Gasteiger partial charge in [-0.1, -0.05) is 77.1 Å². The number of piperazine rings is 1. The quantitative estimate of drug-likeness (QED) is 0.655. The van der Waals surface area contributed by atoms with Gasteiger partial charge in [0.05, 0.1) is 26.2 Å². The van der Waals surface area contributed by atoms with Crippen molar-refractivity contribution in [3.63, 3.8) is 0 Å². The maximum atomic E-state index is 4.19. The van der Waals surface area contributed by atoms with E-state index in [1.54, 1.807) is 4.90 Å². The van der Waals surface area contributed by atoms with E-state index in [0.29, 0.717) is 0 Å². The van der Waals surface area contributed by atoms with E-state index in [0.717, 1.165) is 48.5 Å². The van der Waals surface area contributed by atoms with Gasteiger partial charge in [-0.3, -0.25) is 0 Å². The molecule has 1 aliphatic heterocycles. The van der Waals surface area contributed by atoms with Crippen LogP contribution in [0.15, 0.2) is 77.8 Å². The number of nitrogens with one attached hydrogen (secondary N) is 2. The number of hydrazine groups is 1. The molecule has 3 aromatic rings. The Morgan fingerprint density at radius 2 is 1.67 bits per heavy atom. The molecule has 3 aromatic carbocycles. The Morgan fingerprint density at radius 3 is 2.44 bits per heavy atom. The van der Waals surface area contributed by atoms with E-state index in [4.69, 9.17) is 0 Å². The second kappa shape index (κ2) is 8.26. The van der Waals surface area contributed by atoms with Crippen molar-refractivity contribution in [2.24, 2.45) is 0 Å². The zero-order valence-electron chi connectivity index (χ0n) is 15.4. The van der Waals surface area contributed by atoms with Gasteiger partial charge in [0.2, 0.25) is 0 Å². The molecular formula is C23H25BrN3+. The smallest absolute Gasteiger partial charge is 0.103 e. The average Bonchev–Trinajstić information content (AvgIpc) is 2.70. The summed E-state index contributed by atoms with van der Waals surface area (Å²) in [6, 6.07) is 23.6. The molecule has 4 heteroatoms. The van der Waals surface area contributed by atoms with Gasteiger partial charge in [0.1, 0.15) is 6.54 Å². The molecule has 0 amide bonds. The number of nitrogens with zero attached hydrogens (tertiary/aromatic N) is 1. The first-order chi connectivity index (χ1) is 13.2. The Kier molecular flexibility index (Phi) is 5.58. The number of hydrogen-bond acceptors (Lipinski definition) is 2. The van der Waals surface area contributed by atoms with Crippen LogP contribution >= 0.6 is 15.9 Å². The molecule has 27 heavy (non-hydrogen) atoms. The third kappa shape index (κ3) is 4.41. The maximum Gasteiger partial charge on any atom is 0.103 e. The molecule has 0 spiro atoms. The minimum Gasteiger partial charge on any atom is -0.329 e. The van der Waals surface area contributed by atoms with Crippen molar-refractivity contribution in [2.75, 3.05) is 26.2 Å². The molecular weight excluding hydrogens is 398 g/mol. The molecule has 138 valence electrons. The van der Waals surface area contributed by atoms with Crippen LogP contribution in [-0.2, 0) is 6.54 Å². The highest BCUT2D eigenvalue weighted by molar-refractivity contribution is 9.10. The lowest BCUT2D eigenvalue weighted by Crippen LogP contribution is -3.13. The lowest BCUT2D eigenvalue weighted by Gasteiger charge is -2.33. The molecule has 0 aliphatic carbocycles. The molecule has 0 bridgehead atoms. The average molecular weight is 423 g/mol. The molecule has 0 aromatic heterocycles. The largest absolute Gasteiger partial charge is 0.329 e. The predicted octanol–water partition coefficient (Wildman–Crippen LogP) is 3.48. The first-order valence-electron chi connectivity index (χ1n) is 9.46. The zero-order chi connectivity index (χ0) is 18.6. The van der Waals surface area contributed by atoms with Gasteiger partial charge in [0.15, 0.2) is 0 Å². The molecule has 0 unspecified atom stereocenters. The highest BCUT2D eigenvalue weighted by atomic mass is 79.9. The summed E-state index contributed by atoms with van der Waals surface area (Å²) in [5.74, 6) is 0. The number of hydrogen-bond donors (Lipinski definition) is 2. The first-order valence-corrected chi connectivity index (χ1v) is 10.2. The van der Waals surface area contributed by atoms with E-state index < -0.39 is 0 Å². The van der Waals surface area contributed by atoms with Crippen molar-refractivity contribution in [1.29, 1.82) is 0 Å². The van der Waals surface area contributed by atoms with Crippen LogP contribution < -0.4 is 10.3 Å². The lowest BCUT2D eigenvalue weighted by molar-refractivity contribution is -0.918. The Hall–Kier alpha value is -2.14. The minimum absolute atomic E-state index is 0.958. The van der Waals surface area contributed by atoms with E-state index in [1.807, 2.05) is 0 Å². The Bertz CT molecular complexity index is 923. The fourth-order valence-corrected chi connectivity index (χ4v) is 4.00. The third-order valence-electron chi connectivity index (χ3n) is 5.28. The van der Waals surface area contributed by atoms with E-state index in [2.05, 4.69) is 99.7 Å². The molecule has 3 nitrogen and oxygen atoms in total. The molecule has 1 saturated heterocycles. The second-order valence-corrected chi connectivity index (χ2v) is 8.07.